The van der Waals surface area contributed by atoms with E-state index in [0.717, 1.165) is 25.8 Å². The normalized spacial score (nSPS) is 18.6. The molecule has 0 aromatic rings. The molecule has 1 atom stereocenters. The van der Waals surface area contributed by atoms with Gasteiger partial charge < -0.3 is 15.5 Å². The number of piperidine rings is 1. The van der Waals surface area contributed by atoms with Crippen LogP contribution in [0.4, 0.5) is 0 Å². The Morgan fingerprint density at radius 2 is 2.05 bits per heavy atom. The van der Waals surface area contributed by atoms with E-state index in [-0.39, 0.29) is 30.3 Å². The van der Waals surface area contributed by atoms with Crippen LogP contribution in [0.5, 0.6) is 0 Å². The summed E-state index contributed by atoms with van der Waals surface area (Å²) in [4.78, 5) is 25.3. The van der Waals surface area contributed by atoms with Crippen molar-refractivity contribution in [3.8, 4) is 0 Å². The maximum atomic E-state index is 11.9. The third-order valence-corrected chi connectivity index (χ3v) is 3.21. The summed E-state index contributed by atoms with van der Waals surface area (Å²) >= 11 is 0. The van der Waals surface area contributed by atoms with E-state index >= 15 is 0 Å². The fraction of sp³-hybridized carbons (Fsp3) is 0.846. The second kappa shape index (κ2) is 10.0. The summed E-state index contributed by atoms with van der Waals surface area (Å²) in [7, 11) is 1.84. The minimum Gasteiger partial charge on any atom is -0.352 e. The molecule has 112 valence electrons. The van der Waals surface area contributed by atoms with Crippen molar-refractivity contribution in [2.45, 2.75) is 45.1 Å². The van der Waals surface area contributed by atoms with E-state index in [1.54, 1.807) is 0 Å². The molecule has 1 aliphatic rings. The van der Waals surface area contributed by atoms with Crippen LogP contribution < -0.4 is 10.6 Å². The van der Waals surface area contributed by atoms with E-state index in [1.165, 1.54) is 0 Å². The summed E-state index contributed by atoms with van der Waals surface area (Å²) in [5, 5.41) is 5.99. The average Bonchev–Trinajstić information content (AvgIpc) is 2.36. The van der Waals surface area contributed by atoms with Crippen molar-refractivity contribution >= 4 is 24.2 Å². The van der Waals surface area contributed by atoms with Crippen LogP contribution >= 0.6 is 12.4 Å². The third kappa shape index (κ3) is 6.78. The van der Waals surface area contributed by atoms with Gasteiger partial charge in [0, 0.05) is 38.5 Å². The van der Waals surface area contributed by atoms with E-state index in [0.29, 0.717) is 25.9 Å². The first-order chi connectivity index (χ1) is 8.67. The molecule has 0 radical (unpaired) electrons. The minimum absolute atomic E-state index is 0. The molecule has 5 nitrogen and oxygen atoms in total. The summed E-state index contributed by atoms with van der Waals surface area (Å²) in [5.74, 6) is 0.283. The van der Waals surface area contributed by atoms with Crippen LogP contribution in [-0.4, -0.2) is 49.4 Å². The highest BCUT2D eigenvalue weighted by Crippen LogP contribution is 2.11. The molecule has 1 heterocycles. The van der Waals surface area contributed by atoms with Crippen LogP contribution in [0.15, 0.2) is 0 Å². The van der Waals surface area contributed by atoms with Crippen molar-refractivity contribution in [1.29, 1.82) is 0 Å². The Morgan fingerprint density at radius 1 is 1.32 bits per heavy atom. The van der Waals surface area contributed by atoms with Gasteiger partial charge in [0.05, 0.1) is 0 Å². The van der Waals surface area contributed by atoms with Gasteiger partial charge in [-0.3, -0.25) is 9.59 Å². The number of likely N-dealkylation sites (tertiary alicyclic amines) is 1. The standard InChI is InChI=1S/C13H25N3O2.ClH/c1-3-5-12(17)15-11-6-4-9-16(10-11)13(18)7-8-14-2;/h11,14H,3-10H2,1-2H3,(H,15,17);1H. The van der Waals surface area contributed by atoms with Gasteiger partial charge in [0.2, 0.25) is 11.8 Å². The van der Waals surface area contributed by atoms with E-state index in [4.69, 9.17) is 0 Å². The average molecular weight is 292 g/mol. The van der Waals surface area contributed by atoms with Crippen LogP contribution in [0.3, 0.4) is 0 Å². The maximum absolute atomic E-state index is 11.9. The number of carbonyl (C=O) groups excluding carboxylic acids is 2. The molecular weight excluding hydrogens is 266 g/mol. The molecule has 2 N–H and O–H groups in total. The molecule has 0 spiro atoms. The number of hydrogen-bond donors (Lipinski definition) is 2. The number of amides is 2. The predicted octanol–water partition coefficient (Wildman–Crippen LogP) is 0.925. The van der Waals surface area contributed by atoms with Crippen molar-refractivity contribution in [2.75, 3.05) is 26.7 Å². The second-order valence-corrected chi connectivity index (χ2v) is 4.85. The summed E-state index contributed by atoms with van der Waals surface area (Å²) in [6.07, 6.45) is 3.92. The van der Waals surface area contributed by atoms with Crippen molar-refractivity contribution in [2.24, 2.45) is 0 Å². The fourth-order valence-electron chi connectivity index (χ4n) is 2.24. The van der Waals surface area contributed by atoms with Gasteiger partial charge in [-0.05, 0) is 26.3 Å². The van der Waals surface area contributed by atoms with E-state index in [1.807, 2.05) is 18.9 Å². The lowest BCUT2D eigenvalue weighted by atomic mass is 10.0. The number of hydrogen-bond acceptors (Lipinski definition) is 3. The van der Waals surface area contributed by atoms with Gasteiger partial charge in [-0.1, -0.05) is 6.92 Å². The van der Waals surface area contributed by atoms with Crippen LogP contribution in [0.25, 0.3) is 0 Å². The van der Waals surface area contributed by atoms with Crippen molar-refractivity contribution in [3.63, 3.8) is 0 Å². The Balaban J connectivity index is 0.00000324. The molecule has 1 rings (SSSR count). The smallest absolute Gasteiger partial charge is 0.223 e. The first kappa shape index (κ1) is 18.2. The summed E-state index contributed by atoms with van der Waals surface area (Å²) < 4.78 is 0. The highest BCUT2D eigenvalue weighted by Gasteiger charge is 2.23. The number of halogens is 1. The van der Waals surface area contributed by atoms with Crippen LogP contribution in [-0.2, 0) is 9.59 Å². The molecule has 2 amide bonds. The third-order valence-electron chi connectivity index (χ3n) is 3.21. The SMILES string of the molecule is CCCC(=O)NC1CCCN(C(=O)CCNC)C1.Cl. The number of nitrogens with zero attached hydrogens (tertiary/aromatic N) is 1. The Hall–Kier alpha value is -0.810. The number of carbonyl (C=O) groups is 2. The first-order valence-corrected chi connectivity index (χ1v) is 6.89. The molecule has 1 fully saturated rings. The van der Waals surface area contributed by atoms with Gasteiger partial charge in [0.1, 0.15) is 0 Å². The molecular formula is C13H26ClN3O2. The molecule has 6 heteroatoms. The number of nitrogens with one attached hydrogen (secondary N) is 2. The quantitative estimate of drug-likeness (QED) is 0.765. The van der Waals surface area contributed by atoms with Crippen LogP contribution in [0.1, 0.15) is 39.0 Å². The highest BCUT2D eigenvalue weighted by molar-refractivity contribution is 5.85. The Morgan fingerprint density at radius 3 is 2.68 bits per heavy atom. The minimum atomic E-state index is 0. The molecule has 0 aliphatic carbocycles. The maximum Gasteiger partial charge on any atom is 0.223 e. The lowest BCUT2D eigenvalue weighted by Crippen LogP contribution is -2.49. The molecule has 19 heavy (non-hydrogen) atoms. The lowest BCUT2D eigenvalue weighted by Gasteiger charge is -2.33. The molecule has 1 unspecified atom stereocenters. The molecule has 0 aromatic carbocycles. The van der Waals surface area contributed by atoms with E-state index < -0.39 is 0 Å². The lowest BCUT2D eigenvalue weighted by molar-refractivity contribution is -0.133. The zero-order chi connectivity index (χ0) is 13.4. The Labute approximate surface area is 121 Å². The zero-order valence-electron chi connectivity index (χ0n) is 11.9. The Kier molecular flexibility index (Phi) is 9.61. The van der Waals surface area contributed by atoms with Gasteiger partial charge in [-0.15, -0.1) is 12.4 Å². The molecule has 0 saturated carbocycles. The van der Waals surface area contributed by atoms with Crippen molar-refractivity contribution in [1.82, 2.24) is 15.5 Å². The monoisotopic (exact) mass is 291 g/mol. The van der Waals surface area contributed by atoms with Gasteiger partial charge in [0.15, 0.2) is 0 Å². The molecule has 0 bridgehead atoms. The zero-order valence-corrected chi connectivity index (χ0v) is 12.7. The van der Waals surface area contributed by atoms with Gasteiger partial charge in [-0.2, -0.15) is 0 Å². The second-order valence-electron chi connectivity index (χ2n) is 4.85. The Bertz CT molecular complexity index is 287. The van der Waals surface area contributed by atoms with Gasteiger partial charge in [-0.25, -0.2) is 0 Å². The van der Waals surface area contributed by atoms with Crippen LogP contribution in [0, 0.1) is 0 Å². The van der Waals surface area contributed by atoms with Crippen LogP contribution in [0.2, 0.25) is 0 Å². The topological polar surface area (TPSA) is 61.4 Å². The predicted molar refractivity (Wildman–Crippen MR) is 78.4 cm³/mol. The summed E-state index contributed by atoms with van der Waals surface area (Å²) in [6.45, 7) is 4.19. The first-order valence-electron chi connectivity index (χ1n) is 6.89. The summed E-state index contributed by atoms with van der Waals surface area (Å²) in [6, 6.07) is 0.135. The fourth-order valence-corrected chi connectivity index (χ4v) is 2.24. The number of rotatable bonds is 6. The molecule has 0 aromatic heterocycles. The summed E-state index contributed by atoms with van der Waals surface area (Å²) in [5.41, 5.74) is 0. The molecule has 1 aliphatic heterocycles. The van der Waals surface area contributed by atoms with E-state index in [2.05, 4.69) is 10.6 Å². The van der Waals surface area contributed by atoms with Crippen molar-refractivity contribution < 1.29 is 9.59 Å². The van der Waals surface area contributed by atoms with E-state index in [9.17, 15) is 9.59 Å². The molecule has 1 saturated heterocycles. The van der Waals surface area contributed by atoms with Crippen molar-refractivity contribution in [3.05, 3.63) is 0 Å². The van der Waals surface area contributed by atoms with Gasteiger partial charge >= 0.3 is 0 Å². The largest absolute Gasteiger partial charge is 0.352 e. The highest BCUT2D eigenvalue weighted by atomic mass is 35.5. The van der Waals surface area contributed by atoms with Gasteiger partial charge in [0.25, 0.3) is 0 Å².